The van der Waals surface area contributed by atoms with Crippen LogP contribution in [0, 0.1) is 35.0 Å². The summed E-state index contributed by atoms with van der Waals surface area (Å²) >= 11 is 0. The van der Waals surface area contributed by atoms with Gasteiger partial charge in [0.05, 0.1) is 6.07 Å². The number of hydrogen-bond donors (Lipinski definition) is 0. The first-order valence-electron chi connectivity index (χ1n) is 10.4. The second kappa shape index (κ2) is 10.9. The van der Waals surface area contributed by atoms with Crippen molar-refractivity contribution in [2.45, 2.75) is 96.8 Å². The Labute approximate surface area is 144 Å². The topological polar surface area (TPSA) is 23.8 Å². The molecule has 0 spiro atoms. The largest absolute Gasteiger partial charge is 0.198 e. The van der Waals surface area contributed by atoms with E-state index in [-0.39, 0.29) is 0 Å². The van der Waals surface area contributed by atoms with Crippen molar-refractivity contribution in [3.8, 4) is 6.07 Å². The first-order valence-corrected chi connectivity index (χ1v) is 10.4. The summed E-state index contributed by atoms with van der Waals surface area (Å²) in [6.45, 7) is 2.25. The smallest absolute Gasteiger partial charge is 0.0655 e. The van der Waals surface area contributed by atoms with Gasteiger partial charge in [-0.15, -0.1) is 0 Å². The van der Waals surface area contributed by atoms with Gasteiger partial charge in [0.25, 0.3) is 0 Å². The Morgan fingerprint density at radius 3 is 1.74 bits per heavy atom. The summed E-state index contributed by atoms with van der Waals surface area (Å²) in [5.74, 6) is 3.31. The van der Waals surface area contributed by atoms with E-state index < -0.39 is 0 Å². The zero-order valence-electron chi connectivity index (χ0n) is 15.3. The summed E-state index contributed by atoms with van der Waals surface area (Å²) in [4.78, 5) is 0. The molecule has 2 saturated carbocycles. The van der Waals surface area contributed by atoms with E-state index in [0.717, 1.165) is 17.8 Å². The Kier molecular flexibility index (Phi) is 8.80. The molecule has 0 aromatic heterocycles. The average molecular weight is 316 g/mol. The van der Waals surface area contributed by atoms with Gasteiger partial charge in [-0.3, -0.25) is 0 Å². The lowest BCUT2D eigenvalue weighted by atomic mass is 9.75. The van der Waals surface area contributed by atoms with Crippen LogP contribution in [0.3, 0.4) is 0 Å². The molecule has 0 aromatic carbocycles. The molecular weight excluding hydrogens is 278 g/mol. The highest BCUT2D eigenvalue weighted by atomic mass is 14.3. The van der Waals surface area contributed by atoms with E-state index in [1.54, 1.807) is 0 Å². The molecule has 0 amide bonds. The minimum Gasteiger partial charge on any atom is -0.198 e. The van der Waals surface area contributed by atoms with Crippen molar-refractivity contribution in [3.05, 3.63) is 12.2 Å². The molecule has 23 heavy (non-hydrogen) atoms. The monoisotopic (exact) mass is 315 g/mol. The highest BCUT2D eigenvalue weighted by Crippen LogP contribution is 2.37. The first-order chi connectivity index (χ1) is 11.3. The number of allylic oxidation sites excluding steroid dienone is 2. The average Bonchev–Trinajstić information content (AvgIpc) is 2.61. The van der Waals surface area contributed by atoms with Crippen molar-refractivity contribution < 1.29 is 0 Å². The zero-order valence-corrected chi connectivity index (χ0v) is 15.3. The summed E-state index contributed by atoms with van der Waals surface area (Å²) in [5.41, 5.74) is 0. The molecule has 0 saturated heterocycles. The highest BCUT2D eigenvalue weighted by molar-refractivity contribution is 4.87. The lowest BCUT2D eigenvalue weighted by Crippen LogP contribution is -2.17. The van der Waals surface area contributed by atoms with E-state index in [1.807, 2.05) is 0 Å². The fourth-order valence-corrected chi connectivity index (χ4v) is 4.59. The molecule has 2 fully saturated rings. The van der Waals surface area contributed by atoms with E-state index in [2.05, 4.69) is 25.1 Å². The van der Waals surface area contributed by atoms with Crippen molar-refractivity contribution in [2.75, 3.05) is 0 Å². The Morgan fingerprint density at radius 2 is 1.22 bits per heavy atom. The van der Waals surface area contributed by atoms with Gasteiger partial charge >= 0.3 is 0 Å². The van der Waals surface area contributed by atoms with Crippen LogP contribution in [-0.4, -0.2) is 0 Å². The third-order valence-electron chi connectivity index (χ3n) is 6.34. The fourth-order valence-electron chi connectivity index (χ4n) is 4.59. The second-order valence-corrected chi connectivity index (χ2v) is 8.15. The van der Waals surface area contributed by atoms with Gasteiger partial charge in [-0.2, -0.15) is 5.26 Å². The minimum atomic E-state index is 0.369. The summed E-state index contributed by atoms with van der Waals surface area (Å²) in [5, 5.41) is 8.99. The third kappa shape index (κ3) is 7.11. The quantitative estimate of drug-likeness (QED) is 0.441. The van der Waals surface area contributed by atoms with Gasteiger partial charge in [0, 0.05) is 5.92 Å². The Bertz CT molecular complexity index is 362. The first kappa shape index (κ1) is 18.6. The van der Waals surface area contributed by atoms with Crippen molar-refractivity contribution >= 4 is 0 Å². The fraction of sp³-hybridized carbons (Fsp3) is 0.864. The molecule has 0 bridgehead atoms. The maximum atomic E-state index is 8.99. The predicted octanol–water partition coefficient (Wildman–Crippen LogP) is 7.04. The van der Waals surface area contributed by atoms with Gasteiger partial charge in [0.1, 0.15) is 0 Å². The van der Waals surface area contributed by atoms with Crippen molar-refractivity contribution in [1.29, 1.82) is 5.26 Å². The van der Waals surface area contributed by atoms with Crippen LogP contribution in [0.1, 0.15) is 96.8 Å². The van der Waals surface area contributed by atoms with Crippen LogP contribution in [0.25, 0.3) is 0 Å². The van der Waals surface area contributed by atoms with Gasteiger partial charge in [-0.25, -0.2) is 0 Å². The van der Waals surface area contributed by atoms with Crippen molar-refractivity contribution in [3.63, 3.8) is 0 Å². The molecule has 2 aliphatic carbocycles. The van der Waals surface area contributed by atoms with E-state index in [9.17, 15) is 0 Å². The summed E-state index contributed by atoms with van der Waals surface area (Å²) < 4.78 is 0. The van der Waals surface area contributed by atoms with Crippen LogP contribution in [0.5, 0.6) is 0 Å². The lowest BCUT2D eigenvalue weighted by Gasteiger charge is -2.30. The minimum absolute atomic E-state index is 0.369. The summed E-state index contributed by atoms with van der Waals surface area (Å²) in [6, 6.07) is 2.46. The number of hydrogen-bond acceptors (Lipinski definition) is 1. The second-order valence-electron chi connectivity index (χ2n) is 8.15. The van der Waals surface area contributed by atoms with Gasteiger partial charge in [-0.1, -0.05) is 64.0 Å². The molecular formula is C22H37N. The van der Waals surface area contributed by atoms with Gasteiger partial charge in [0.15, 0.2) is 0 Å². The molecule has 0 aliphatic heterocycles. The number of nitrogens with zero attached hydrogens (tertiary/aromatic N) is 1. The van der Waals surface area contributed by atoms with Crippen LogP contribution in [-0.2, 0) is 0 Å². The Hall–Kier alpha value is -0.770. The van der Waals surface area contributed by atoms with E-state index in [1.165, 1.54) is 89.9 Å². The molecule has 0 N–H and O–H groups in total. The van der Waals surface area contributed by atoms with Crippen molar-refractivity contribution in [1.82, 2.24) is 0 Å². The molecule has 1 nitrogen and oxygen atoms in total. The summed E-state index contributed by atoms with van der Waals surface area (Å²) in [7, 11) is 0. The summed E-state index contributed by atoms with van der Waals surface area (Å²) in [6.07, 6.45) is 23.8. The Morgan fingerprint density at radius 1 is 0.739 bits per heavy atom. The molecule has 1 heteroatoms. The van der Waals surface area contributed by atoms with Crippen LogP contribution in [0.2, 0.25) is 0 Å². The molecule has 2 rings (SSSR count). The molecule has 0 radical (unpaired) electrons. The van der Waals surface area contributed by atoms with Crippen LogP contribution >= 0.6 is 0 Å². The standard InChI is InChI=1S/C22H37N/c1-2-3-4-5-6-7-19-8-10-20(11-9-19)12-13-21-14-16-22(18-23)17-15-21/h4-5,19-22H,2-3,6-17H2,1H3/b5-4+/t19-,20-,21-,22-. The molecule has 0 unspecified atom stereocenters. The SMILES string of the molecule is CCC/C=C/CC[C@H]1CC[C@H](CC[C@H]2CC[C@H](C#N)CC2)CC1. The lowest BCUT2D eigenvalue weighted by molar-refractivity contribution is 0.223. The van der Waals surface area contributed by atoms with Crippen LogP contribution in [0.15, 0.2) is 12.2 Å². The molecule has 0 atom stereocenters. The highest BCUT2D eigenvalue weighted by Gasteiger charge is 2.24. The molecule has 0 aromatic rings. The van der Waals surface area contributed by atoms with E-state index >= 15 is 0 Å². The maximum absolute atomic E-state index is 8.99. The van der Waals surface area contributed by atoms with Crippen LogP contribution < -0.4 is 0 Å². The van der Waals surface area contributed by atoms with Gasteiger partial charge in [0.2, 0.25) is 0 Å². The number of rotatable bonds is 8. The number of unbranched alkanes of at least 4 members (excludes halogenated alkanes) is 1. The number of nitriles is 1. The van der Waals surface area contributed by atoms with Gasteiger partial charge in [-0.05, 0) is 62.7 Å². The molecule has 130 valence electrons. The maximum Gasteiger partial charge on any atom is 0.0655 e. The predicted molar refractivity (Wildman–Crippen MR) is 99.0 cm³/mol. The normalized spacial score (nSPS) is 32.0. The molecule has 2 aliphatic rings. The zero-order chi connectivity index (χ0) is 16.3. The van der Waals surface area contributed by atoms with E-state index in [4.69, 9.17) is 5.26 Å². The van der Waals surface area contributed by atoms with Crippen LogP contribution in [0.4, 0.5) is 0 Å². The third-order valence-corrected chi connectivity index (χ3v) is 6.34. The van der Waals surface area contributed by atoms with Gasteiger partial charge < -0.3 is 0 Å². The van der Waals surface area contributed by atoms with E-state index in [0.29, 0.717) is 5.92 Å². The molecule has 0 heterocycles. The van der Waals surface area contributed by atoms with Crippen molar-refractivity contribution in [2.24, 2.45) is 23.7 Å². The Balaban J connectivity index is 1.52.